The molecule has 2 unspecified atom stereocenters. The lowest BCUT2D eigenvalue weighted by atomic mass is 10.1. The molecule has 0 aromatic heterocycles. The second-order valence-corrected chi connectivity index (χ2v) is 7.64. The molecule has 2 atom stereocenters. The molecule has 2 rings (SSSR count). The third kappa shape index (κ3) is 7.80. The topological polar surface area (TPSA) is 84.9 Å². The molecule has 2 N–H and O–H groups in total. The van der Waals surface area contributed by atoms with Gasteiger partial charge in [-0.15, -0.1) is 13.2 Å². The van der Waals surface area contributed by atoms with Crippen molar-refractivity contribution in [2.45, 2.75) is 31.1 Å². The van der Waals surface area contributed by atoms with Crippen LogP contribution in [0.15, 0.2) is 42.5 Å². The van der Waals surface area contributed by atoms with Crippen LogP contribution >= 0.6 is 11.8 Å². The summed E-state index contributed by atoms with van der Waals surface area (Å²) in [6.07, 6.45) is -3.26. The van der Waals surface area contributed by atoms with E-state index in [-0.39, 0.29) is 18.3 Å². The predicted octanol–water partition coefficient (Wildman–Crippen LogP) is 3.55. The summed E-state index contributed by atoms with van der Waals surface area (Å²) in [5, 5.41) is 12.0. The highest BCUT2D eigenvalue weighted by molar-refractivity contribution is 7.99. The number of imide groups is 1. The zero-order chi connectivity index (χ0) is 23.0. The quantitative estimate of drug-likeness (QED) is 0.531. The van der Waals surface area contributed by atoms with Crippen LogP contribution in [0.3, 0.4) is 0 Å². The van der Waals surface area contributed by atoms with E-state index in [1.54, 1.807) is 18.4 Å². The first-order chi connectivity index (χ1) is 14.6. The molecule has 0 fully saturated rings. The van der Waals surface area contributed by atoms with Gasteiger partial charge in [-0.25, -0.2) is 0 Å². The van der Waals surface area contributed by atoms with E-state index in [2.05, 4.69) is 10.1 Å². The van der Waals surface area contributed by atoms with E-state index < -0.39 is 17.7 Å². The monoisotopic (exact) mass is 457 g/mol. The van der Waals surface area contributed by atoms with Crippen molar-refractivity contribution in [3.05, 3.63) is 59.2 Å². The van der Waals surface area contributed by atoms with Gasteiger partial charge < -0.3 is 14.6 Å². The molecule has 6 nitrogen and oxygen atoms in total. The van der Waals surface area contributed by atoms with Crippen LogP contribution in [0.4, 0.5) is 13.2 Å². The normalized spacial score (nSPS) is 13.2. The van der Waals surface area contributed by atoms with Gasteiger partial charge >= 0.3 is 6.36 Å². The fourth-order valence-corrected chi connectivity index (χ4v) is 3.45. The second kappa shape index (κ2) is 11.1. The first-order valence-corrected chi connectivity index (χ1v) is 10.4. The van der Waals surface area contributed by atoms with Crippen LogP contribution in [0.2, 0.25) is 0 Å². The van der Waals surface area contributed by atoms with Gasteiger partial charge in [-0.1, -0.05) is 24.3 Å². The Kier molecular flexibility index (Phi) is 8.76. The largest absolute Gasteiger partial charge is 0.573 e. The number of thioether (sulfide) groups is 1. The minimum atomic E-state index is -4.78. The van der Waals surface area contributed by atoms with Crippen LogP contribution in [0.5, 0.6) is 11.5 Å². The maximum Gasteiger partial charge on any atom is 0.573 e. The molecule has 0 aliphatic heterocycles. The highest BCUT2D eigenvalue weighted by atomic mass is 32.2. The molecule has 0 bridgehead atoms. The zero-order valence-electron chi connectivity index (χ0n) is 16.8. The number of aliphatic hydroxyl groups excluding tert-OH is 1. The predicted molar refractivity (Wildman–Crippen MR) is 110 cm³/mol. The minimum absolute atomic E-state index is 0.102. The van der Waals surface area contributed by atoms with Gasteiger partial charge in [0.1, 0.15) is 24.2 Å². The molecule has 0 radical (unpaired) electrons. The third-order valence-electron chi connectivity index (χ3n) is 4.33. The van der Waals surface area contributed by atoms with E-state index in [1.807, 2.05) is 13.0 Å². The number of aliphatic hydroxyl groups is 1. The van der Waals surface area contributed by atoms with Gasteiger partial charge in [0.25, 0.3) is 0 Å². The van der Waals surface area contributed by atoms with E-state index in [0.717, 1.165) is 23.3 Å². The lowest BCUT2D eigenvalue weighted by Crippen LogP contribution is -2.32. The van der Waals surface area contributed by atoms with E-state index in [4.69, 9.17) is 4.74 Å². The molecule has 0 heterocycles. The van der Waals surface area contributed by atoms with Gasteiger partial charge in [-0.05, 0) is 54.5 Å². The van der Waals surface area contributed by atoms with Crippen molar-refractivity contribution >= 4 is 24.1 Å². The van der Waals surface area contributed by atoms with Crippen molar-refractivity contribution in [2.75, 3.05) is 12.9 Å². The molecule has 2 aromatic rings. The SMILES string of the molecule is CSC(Cc1ccc(OCC(O)c2ccc(OC(F)(F)F)cc2)c(C)c1)C(=O)NC=O. The molecule has 2 aromatic carbocycles. The number of ether oxygens (including phenoxy) is 2. The lowest BCUT2D eigenvalue weighted by molar-refractivity contribution is -0.274. The van der Waals surface area contributed by atoms with E-state index in [9.17, 15) is 27.9 Å². The Morgan fingerprint density at radius 3 is 2.45 bits per heavy atom. The van der Waals surface area contributed by atoms with E-state index >= 15 is 0 Å². The van der Waals surface area contributed by atoms with Crippen molar-refractivity contribution < 1.29 is 37.3 Å². The number of amides is 2. The number of rotatable bonds is 10. The van der Waals surface area contributed by atoms with Gasteiger partial charge in [0, 0.05) is 0 Å². The molecule has 2 amide bonds. The number of hydrogen-bond acceptors (Lipinski definition) is 6. The Hall–Kier alpha value is -2.72. The summed E-state index contributed by atoms with van der Waals surface area (Å²) < 4.78 is 46.1. The smallest absolute Gasteiger partial charge is 0.490 e. The average Bonchev–Trinajstić information content (AvgIpc) is 2.70. The number of carbonyl (C=O) groups excluding carboxylic acids is 2. The summed E-state index contributed by atoms with van der Waals surface area (Å²) in [6.45, 7) is 1.71. The number of aryl methyl sites for hydroxylation is 1. The summed E-state index contributed by atoms with van der Waals surface area (Å²) in [4.78, 5) is 22.3. The number of alkyl halides is 3. The van der Waals surface area contributed by atoms with Gasteiger partial charge in [-0.3, -0.25) is 14.9 Å². The Labute approximate surface area is 181 Å². The van der Waals surface area contributed by atoms with Gasteiger partial charge in [-0.2, -0.15) is 11.8 Å². The summed E-state index contributed by atoms with van der Waals surface area (Å²) in [6, 6.07) is 10.3. The van der Waals surface area contributed by atoms with Crippen molar-refractivity contribution in [2.24, 2.45) is 0 Å². The Bertz CT molecular complexity index is 890. The number of benzene rings is 2. The molecule has 0 saturated carbocycles. The van der Waals surface area contributed by atoms with Crippen LogP contribution < -0.4 is 14.8 Å². The number of carbonyl (C=O) groups is 2. The maximum absolute atomic E-state index is 12.2. The van der Waals surface area contributed by atoms with Crippen molar-refractivity contribution in [1.29, 1.82) is 0 Å². The lowest BCUT2D eigenvalue weighted by Gasteiger charge is -2.17. The first-order valence-electron chi connectivity index (χ1n) is 9.16. The zero-order valence-corrected chi connectivity index (χ0v) is 17.6. The van der Waals surface area contributed by atoms with Crippen molar-refractivity contribution in [1.82, 2.24) is 5.32 Å². The molecular weight excluding hydrogens is 435 g/mol. The molecule has 0 spiro atoms. The summed E-state index contributed by atoms with van der Waals surface area (Å²) in [5.74, 6) is -0.214. The standard InChI is InChI=1S/C21H22F3NO5S/c1-13-9-14(10-19(31-2)20(28)25-12-26)3-8-18(13)29-11-17(27)15-4-6-16(7-5-15)30-21(22,23)24/h3-9,12,17,19,27H,10-11H2,1-2H3,(H,25,26,28). The summed E-state index contributed by atoms with van der Waals surface area (Å²) >= 11 is 1.33. The fourth-order valence-electron chi connectivity index (χ4n) is 2.81. The summed E-state index contributed by atoms with van der Waals surface area (Å²) in [7, 11) is 0. The maximum atomic E-state index is 12.2. The number of halogens is 3. The highest BCUT2D eigenvalue weighted by Crippen LogP contribution is 2.26. The number of nitrogens with one attached hydrogen (secondary N) is 1. The fraction of sp³-hybridized carbons (Fsp3) is 0.333. The van der Waals surface area contributed by atoms with Crippen LogP contribution in [0, 0.1) is 6.92 Å². The Morgan fingerprint density at radius 2 is 1.90 bits per heavy atom. The van der Waals surface area contributed by atoms with Gasteiger partial charge in [0.2, 0.25) is 12.3 Å². The first kappa shape index (κ1) is 24.5. The minimum Gasteiger partial charge on any atom is -0.490 e. The molecule has 0 aliphatic rings. The second-order valence-electron chi connectivity index (χ2n) is 6.60. The van der Waals surface area contributed by atoms with Crippen molar-refractivity contribution in [3.63, 3.8) is 0 Å². The van der Waals surface area contributed by atoms with Crippen molar-refractivity contribution in [3.8, 4) is 11.5 Å². The molecule has 0 saturated heterocycles. The van der Waals surface area contributed by atoms with Crippen LogP contribution in [-0.4, -0.2) is 41.9 Å². The van der Waals surface area contributed by atoms with E-state index in [0.29, 0.717) is 24.1 Å². The van der Waals surface area contributed by atoms with Crippen LogP contribution in [0.1, 0.15) is 22.8 Å². The third-order valence-corrected chi connectivity index (χ3v) is 5.28. The molecule has 31 heavy (non-hydrogen) atoms. The van der Waals surface area contributed by atoms with Gasteiger partial charge in [0.15, 0.2) is 0 Å². The number of hydrogen-bond donors (Lipinski definition) is 2. The molecule has 0 aliphatic carbocycles. The van der Waals surface area contributed by atoms with Gasteiger partial charge in [0.05, 0.1) is 5.25 Å². The highest BCUT2D eigenvalue weighted by Gasteiger charge is 2.31. The molecular formula is C21H22F3NO5S. The summed E-state index contributed by atoms with van der Waals surface area (Å²) in [5.41, 5.74) is 2.05. The molecule has 168 valence electrons. The van der Waals surface area contributed by atoms with E-state index in [1.165, 1.54) is 23.9 Å². The van der Waals surface area contributed by atoms with Crippen LogP contribution in [0.25, 0.3) is 0 Å². The Morgan fingerprint density at radius 1 is 1.23 bits per heavy atom. The Balaban J connectivity index is 1.96. The van der Waals surface area contributed by atoms with Crippen LogP contribution in [-0.2, 0) is 16.0 Å². The molecule has 10 heteroatoms. The average molecular weight is 457 g/mol.